The van der Waals surface area contributed by atoms with Crippen LogP contribution in [0.4, 0.5) is 5.82 Å². The summed E-state index contributed by atoms with van der Waals surface area (Å²) in [7, 11) is -3.72. The van der Waals surface area contributed by atoms with E-state index in [4.69, 9.17) is 22.0 Å². The summed E-state index contributed by atoms with van der Waals surface area (Å²) in [5, 5.41) is 3.52. The molecule has 0 radical (unpaired) electrons. The molecular weight excluding hydrogens is 308 g/mol. The molecule has 2 aromatic heterocycles. The first-order valence-electron chi connectivity index (χ1n) is 5.40. The van der Waals surface area contributed by atoms with Crippen molar-refractivity contribution >= 4 is 27.4 Å². The summed E-state index contributed by atoms with van der Waals surface area (Å²) in [6, 6.07) is 1.25. The third-order valence-electron chi connectivity index (χ3n) is 2.30. The van der Waals surface area contributed by atoms with Crippen LogP contribution in [0.2, 0.25) is 5.02 Å². The van der Waals surface area contributed by atoms with Crippen molar-refractivity contribution in [3.63, 3.8) is 0 Å². The second-order valence-corrected chi connectivity index (χ2v) is 5.80. The lowest BCUT2D eigenvalue weighted by Gasteiger charge is -2.07. The molecule has 0 unspecified atom stereocenters. The number of hydrazine groups is 1. The zero-order chi connectivity index (χ0) is 14.6. The molecule has 2 rings (SSSR count). The van der Waals surface area contributed by atoms with E-state index in [0.29, 0.717) is 5.89 Å². The van der Waals surface area contributed by atoms with Gasteiger partial charge in [-0.15, -0.1) is 0 Å². The number of nitrogens with two attached hydrogens (primary N) is 1. The van der Waals surface area contributed by atoms with Gasteiger partial charge in [0.05, 0.1) is 5.02 Å². The summed E-state index contributed by atoms with van der Waals surface area (Å²) in [5.41, 5.74) is 2.25. The van der Waals surface area contributed by atoms with Crippen LogP contribution in [0.15, 0.2) is 28.0 Å². The molecule has 0 saturated carbocycles. The van der Waals surface area contributed by atoms with Gasteiger partial charge in [-0.1, -0.05) is 16.8 Å². The van der Waals surface area contributed by atoms with Crippen molar-refractivity contribution < 1.29 is 12.9 Å². The van der Waals surface area contributed by atoms with Crippen LogP contribution >= 0.6 is 11.6 Å². The lowest BCUT2D eigenvalue weighted by atomic mass is 10.4. The lowest BCUT2D eigenvalue weighted by molar-refractivity contribution is 0.377. The first kappa shape index (κ1) is 14.7. The van der Waals surface area contributed by atoms with Crippen molar-refractivity contribution in [3.8, 4) is 0 Å². The third kappa shape index (κ3) is 3.42. The van der Waals surface area contributed by atoms with Crippen LogP contribution in [0.3, 0.4) is 0 Å². The van der Waals surface area contributed by atoms with Gasteiger partial charge in [-0.2, -0.15) is 4.98 Å². The van der Waals surface area contributed by atoms with E-state index in [-0.39, 0.29) is 28.7 Å². The van der Waals surface area contributed by atoms with Gasteiger partial charge in [0, 0.05) is 19.2 Å². The van der Waals surface area contributed by atoms with Crippen molar-refractivity contribution in [3.05, 3.63) is 29.5 Å². The van der Waals surface area contributed by atoms with Crippen LogP contribution in [0.5, 0.6) is 0 Å². The summed E-state index contributed by atoms with van der Waals surface area (Å²) in [4.78, 5) is 7.51. The maximum atomic E-state index is 12.0. The molecule has 0 amide bonds. The highest BCUT2D eigenvalue weighted by molar-refractivity contribution is 7.89. The van der Waals surface area contributed by atoms with Crippen LogP contribution in [-0.2, 0) is 16.4 Å². The number of hydrogen-bond donors (Lipinski definition) is 3. The Balaban J connectivity index is 2.04. The average molecular weight is 319 g/mol. The lowest BCUT2D eigenvalue weighted by Crippen LogP contribution is -2.26. The minimum Gasteiger partial charge on any atom is -0.340 e. The first-order chi connectivity index (χ1) is 9.53. The molecule has 0 aromatic carbocycles. The summed E-state index contributed by atoms with van der Waals surface area (Å²) in [6.07, 6.45) is 2.67. The van der Waals surface area contributed by atoms with Gasteiger partial charge in [-0.3, -0.25) is 0 Å². The minimum atomic E-state index is -3.72. The fraction of sp³-hybridized carbons (Fsp3) is 0.222. The Hall–Kier alpha value is -1.75. The molecule has 4 N–H and O–H groups in total. The van der Waals surface area contributed by atoms with Crippen LogP contribution in [0.25, 0.3) is 0 Å². The maximum absolute atomic E-state index is 12.0. The van der Waals surface area contributed by atoms with E-state index in [1.807, 2.05) is 0 Å². The molecule has 0 atom stereocenters. The van der Waals surface area contributed by atoms with Gasteiger partial charge in [0.2, 0.25) is 15.9 Å². The Labute approximate surface area is 119 Å². The second kappa shape index (κ2) is 6.13. The molecule has 9 nitrogen and oxygen atoms in total. The van der Waals surface area contributed by atoms with Gasteiger partial charge in [0.1, 0.15) is 4.90 Å². The summed E-state index contributed by atoms with van der Waals surface area (Å²) < 4.78 is 31.1. The van der Waals surface area contributed by atoms with Gasteiger partial charge in [-0.05, 0) is 6.07 Å². The molecule has 108 valence electrons. The average Bonchev–Trinajstić information content (AvgIpc) is 2.91. The molecule has 0 aliphatic carbocycles. The molecule has 0 fully saturated rings. The quantitative estimate of drug-likeness (QED) is 0.497. The van der Waals surface area contributed by atoms with Crippen LogP contribution in [0.1, 0.15) is 5.89 Å². The Morgan fingerprint density at radius 1 is 1.40 bits per heavy atom. The number of nitrogens with zero attached hydrogens (tertiary/aromatic N) is 3. The van der Waals surface area contributed by atoms with Gasteiger partial charge in [0.25, 0.3) is 0 Å². The van der Waals surface area contributed by atoms with Crippen LogP contribution < -0.4 is 16.0 Å². The number of hydrogen-bond acceptors (Lipinski definition) is 8. The largest absolute Gasteiger partial charge is 0.340 e. The van der Waals surface area contributed by atoms with Crippen molar-refractivity contribution in [2.45, 2.75) is 11.3 Å². The second-order valence-electron chi connectivity index (χ2n) is 3.63. The van der Waals surface area contributed by atoms with E-state index in [9.17, 15) is 8.42 Å². The smallest absolute Gasteiger partial charge is 0.242 e. The molecule has 20 heavy (non-hydrogen) atoms. The van der Waals surface area contributed by atoms with E-state index in [0.717, 1.165) is 6.20 Å². The summed E-state index contributed by atoms with van der Waals surface area (Å²) >= 11 is 5.82. The van der Waals surface area contributed by atoms with E-state index >= 15 is 0 Å². The monoisotopic (exact) mass is 318 g/mol. The fourth-order valence-electron chi connectivity index (χ4n) is 1.36. The highest BCUT2D eigenvalue weighted by atomic mass is 35.5. The topological polar surface area (TPSA) is 136 Å². The number of pyridine rings is 1. The fourth-order valence-corrected chi connectivity index (χ4v) is 2.64. The zero-order valence-corrected chi connectivity index (χ0v) is 11.6. The Bertz CT molecular complexity index is 675. The van der Waals surface area contributed by atoms with E-state index < -0.39 is 10.0 Å². The van der Waals surface area contributed by atoms with Gasteiger partial charge < -0.3 is 9.95 Å². The summed E-state index contributed by atoms with van der Waals surface area (Å²) in [5.74, 6) is 5.69. The van der Waals surface area contributed by atoms with Gasteiger partial charge in [-0.25, -0.2) is 24.0 Å². The molecule has 0 saturated heterocycles. The number of aromatic nitrogens is 3. The van der Waals surface area contributed by atoms with Crippen molar-refractivity contribution in [2.75, 3.05) is 12.0 Å². The summed E-state index contributed by atoms with van der Waals surface area (Å²) in [6.45, 7) is 0.110. The number of halogens is 1. The van der Waals surface area contributed by atoms with Crippen LogP contribution in [0, 0.1) is 0 Å². The SMILES string of the molecule is NNc1ncc(S(=O)(=O)NCCc2ncno2)cc1Cl. The molecule has 11 heteroatoms. The Kier molecular flexibility index (Phi) is 4.49. The number of sulfonamides is 1. The number of rotatable bonds is 6. The van der Waals surface area contributed by atoms with Gasteiger partial charge in [0.15, 0.2) is 12.1 Å². The minimum absolute atomic E-state index is 0.0629. The Morgan fingerprint density at radius 2 is 2.20 bits per heavy atom. The molecule has 2 heterocycles. The van der Waals surface area contributed by atoms with Crippen molar-refractivity contribution in [1.82, 2.24) is 19.8 Å². The van der Waals surface area contributed by atoms with E-state index in [1.54, 1.807) is 0 Å². The molecule has 2 aromatic rings. The molecule has 0 spiro atoms. The van der Waals surface area contributed by atoms with Crippen molar-refractivity contribution in [2.24, 2.45) is 5.84 Å². The predicted octanol–water partition coefficient (Wildman–Crippen LogP) is -0.0754. The first-order valence-corrected chi connectivity index (χ1v) is 7.26. The van der Waals surface area contributed by atoms with E-state index in [1.165, 1.54) is 12.4 Å². The molecule has 0 aliphatic heterocycles. The number of anilines is 1. The maximum Gasteiger partial charge on any atom is 0.242 e. The zero-order valence-electron chi connectivity index (χ0n) is 10.1. The number of nitrogens with one attached hydrogen (secondary N) is 2. The molecule has 0 aliphatic rings. The molecular formula is C9H11ClN6O3S. The highest BCUT2D eigenvalue weighted by Crippen LogP contribution is 2.21. The highest BCUT2D eigenvalue weighted by Gasteiger charge is 2.16. The van der Waals surface area contributed by atoms with Crippen molar-refractivity contribution in [1.29, 1.82) is 0 Å². The standard InChI is InChI=1S/C9H11ClN6O3S/c10-7-3-6(4-12-9(7)16-11)20(17,18)15-2-1-8-13-5-14-19-8/h3-5,15H,1-2,11H2,(H,12,16). The van der Waals surface area contributed by atoms with Gasteiger partial charge >= 0.3 is 0 Å². The van der Waals surface area contributed by atoms with Crippen LogP contribution in [-0.4, -0.2) is 30.1 Å². The predicted molar refractivity (Wildman–Crippen MR) is 70.2 cm³/mol. The molecule has 0 bridgehead atoms. The van der Waals surface area contributed by atoms with E-state index in [2.05, 4.69) is 25.3 Å². The third-order valence-corrected chi connectivity index (χ3v) is 4.02. The normalized spacial score (nSPS) is 11.5. The number of nitrogen functional groups attached to an aromatic ring is 1. The Morgan fingerprint density at radius 3 is 2.80 bits per heavy atom.